The van der Waals surface area contributed by atoms with E-state index in [2.05, 4.69) is 0 Å². The molecule has 0 N–H and O–H groups in total. The SMILES string of the molecule is CCC(=O)Cl.[Na]. The summed E-state index contributed by atoms with van der Waals surface area (Å²) in [5.74, 6) is 0. The van der Waals surface area contributed by atoms with Gasteiger partial charge >= 0.3 is 0 Å². The van der Waals surface area contributed by atoms with Crippen molar-refractivity contribution < 1.29 is 4.79 Å². The molecule has 0 fully saturated rings. The van der Waals surface area contributed by atoms with E-state index in [9.17, 15) is 4.79 Å². The van der Waals surface area contributed by atoms with E-state index >= 15 is 0 Å². The van der Waals surface area contributed by atoms with Crippen LogP contribution in [0.2, 0.25) is 0 Å². The van der Waals surface area contributed by atoms with Gasteiger partial charge in [-0.1, -0.05) is 6.92 Å². The van der Waals surface area contributed by atoms with Crippen LogP contribution in [0.4, 0.5) is 0 Å². The van der Waals surface area contributed by atoms with Crippen molar-refractivity contribution in [2.75, 3.05) is 0 Å². The van der Waals surface area contributed by atoms with Gasteiger partial charge in [-0.25, -0.2) is 0 Å². The van der Waals surface area contributed by atoms with Crippen molar-refractivity contribution in [1.29, 1.82) is 0 Å². The second-order valence-corrected chi connectivity index (χ2v) is 1.13. The molecule has 1 nitrogen and oxygen atoms in total. The average molecular weight is 116 g/mol. The van der Waals surface area contributed by atoms with Crippen LogP contribution in [0.25, 0.3) is 0 Å². The van der Waals surface area contributed by atoms with Gasteiger partial charge in [-0.15, -0.1) is 0 Å². The predicted octanol–water partition coefficient (Wildman–Crippen LogP) is 0.781. The first-order chi connectivity index (χ1) is 2.27. The first-order valence-corrected chi connectivity index (χ1v) is 1.83. The van der Waals surface area contributed by atoms with E-state index in [1.165, 1.54) is 0 Å². The van der Waals surface area contributed by atoms with Crippen LogP contribution in [0.1, 0.15) is 13.3 Å². The van der Waals surface area contributed by atoms with Crippen molar-refractivity contribution in [1.82, 2.24) is 0 Å². The summed E-state index contributed by atoms with van der Waals surface area (Å²) in [5.41, 5.74) is 0. The van der Waals surface area contributed by atoms with Crippen LogP contribution in [0.3, 0.4) is 0 Å². The molecule has 6 heavy (non-hydrogen) atoms. The van der Waals surface area contributed by atoms with E-state index in [1.807, 2.05) is 0 Å². The van der Waals surface area contributed by atoms with Crippen molar-refractivity contribution in [3.63, 3.8) is 0 Å². The zero-order valence-electron chi connectivity index (χ0n) is 3.99. The summed E-state index contributed by atoms with van der Waals surface area (Å²) in [6.07, 6.45) is 0.432. The Bertz CT molecular complexity index is 46.1. The molecule has 0 aliphatic carbocycles. The summed E-state index contributed by atoms with van der Waals surface area (Å²) in [7, 11) is 0. The van der Waals surface area contributed by atoms with E-state index in [1.54, 1.807) is 6.92 Å². The van der Waals surface area contributed by atoms with E-state index in [0.717, 1.165) is 0 Å². The van der Waals surface area contributed by atoms with Crippen molar-refractivity contribution in [2.24, 2.45) is 0 Å². The fraction of sp³-hybridized carbons (Fsp3) is 0.667. The third-order valence-corrected chi connectivity index (χ3v) is 0.545. The van der Waals surface area contributed by atoms with Gasteiger partial charge in [0.05, 0.1) is 0 Å². The van der Waals surface area contributed by atoms with Gasteiger partial charge in [0, 0.05) is 36.0 Å². The summed E-state index contributed by atoms with van der Waals surface area (Å²) in [4.78, 5) is 9.58. The molecular weight excluding hydrogens is 110 g/mol. The number of carbonyl (C=O) groups is 1. The Labute approximate surface area is 64.3 Å². The molecule has 0 aromatic carbocycles. The maximum atomic E-state index is 9.58. The zero-order valence-corrected chi connectivity index (χ0v) is 6.75. The minimum Gasteiger partial charge on any atom is -0.281 e. The van der Waals surface area contributed by atoms with Gasteiger partial charge in [0.15, 0.2) is 0 Å². The first-order valence-electron chi connectivity index (χ1n) is 1.45. The monoisotopic (exact) mass is 115 g/mol. The molecular formula is C3H5ClNaO. The molecule has 0 aromatic rings. The van der Waals surface area contributed by atoms with Crippen LogP contribution >= 0.6 is 11.6 Å². The molecule has 3 heteroatoms. The van der Waals surface area contributed by atoms with Gasteiger partial charge in [-0.05, 0) is 11.6 Å². The zero-order chi connectivity index (χ0) is 4.28. The molecule has 0 aromatic heterocycles. The molecule has 0 amide bonds. The van der Waals surface area contributed by atoms with Gasteiger partial charge < -0.3 is 0 Å². The molecule has 0 rings (SSSR count). The van der Waals surface area contributed by atoms with E-state index < -0.39 is 0 Å². The molecule has 0 atom stereocenters. The smallest absolute Gasteiger partial charge is 0.221 e. The Hall–Kier alpha value is 0.960. The van der Waals surface area contributed by atoms with Gasteiger partial charge in [0.2, 0.25) is 5.24 Å². The number of carbonyl (C=O) groups excluding carboxylic acids is 1. The second-order valence-electron chi connectivity index (χ2n) is 0.709. The van der Waals surface area contributed by atoms with Gasteiger partial charge in [0.25, 0.3) is 0 Å². The van der Waals surface area contributed by atoms with E-state index in [4.69, 9.17) is 11.6 Å². The molecule has 0 bridgehead atoms. The fourth-order valence-electron chi connectivity index (χ4n) is 0. The van der Waals surface area contributed by atoms with Crippen LogP contribution in [-0.2, 0) is 4.79 Å². The van der Waals surface area contributed by atoms with Gasteiger partial charge in [-0.2, -0.15) is 0 Å². The summed E-state index contributed by atoms with van der Waals surface area (Å²) in [5, 5.41) is -0.273. The number of halogens is 1. The summed E-state index contributed by atoms with van der Waals surface area (Å²) < 4.78 is 0. The largest absolute Gasteiger partial charge is 0.281 e. The minimum atomic E-state index is -0.273. The van der Waals surface area contributed by atoms with E-state index in [-0.39, 0.29) is 34.8 Å². The normalized spacial score (nSPS) is 6.33. The van der Waals surface area contributed by atoms with Crippen molar-refractivity contribution in [3.05, 3.63) is 0 Å². The molecule has 0 heterocycles. The molecule has 0 saturated carbocycles. The molecule has 31 valence electrons. The number of hydrogen-bond donors (Lipinski definition) is 0. The van der Waals surface area contributed by atoms with Crippen LogP contribution in [-0.4, -0.2) is 34.8 Å². The molecule has 0 unspecified atom stereocenters. The summed E-state index contributed by atoms with van der Waals surface area (Å²) in [6, 6.07) is 0. The first kappa shape index (κ1) is 10.0. The topological polar surface area (TPSA) is 17.1 Å². The molecule has 0 aliphatic heterocycles. The molecule has 0 saturated heterocycles. The number of hydrogen-bond acceptors (Lipinski definition) is 1. The van der Waals surface area contributed by atoms with Crippen molar-refractivity contribution in [3.8, 4) is 0 Å². The third-order valence-electron chi connectivity index (χ3n) is 0.278. The van der Waals surface area contributed by atoms with Crippen molar-refractivity contribution >= 4 is 46.4 Å². The third kappa shape index (κ3) is 8.88. The molecule has 0 spiro atoms. The Balaban J connectivity index is 0. The number of rotatable bonds is 1. The quantitative estimate of drug-likeness (QED) is 0.365. The summed E-state index contributed by atoms with van der Waals surface area (Å²) in [6.45, 7) is 1.72. The summed E-state index contributed by atoms with van der Waals surface area (Å²) >= 11 is 4.82. The molecule has 1 radical (unpaired) electrons. The van der Waals surface area contributed by atoms with Crippen LogP contribution in [0, 0.1) is 0 Å². The van der Waals surface area contributed by atoms with Crippen LogP contribution < -0.4 is 0 Å². The van der Waals surface area contributed by atoms with E-state index in [0.29, 0.717) is 6.42 Å². The Kier molecular flexibility index (Phi) is 9.98. The Morgan fingerprint density at radius 1 is 1.83 bits per heavy atom. The van der Waals surface area contributed by atoms with Crippen LogP contribution in [0.15, 0.2) is 0 Å². The maximum absolute atomic E-state index is 9.58. The standard InChI is InChI=1S/C3H5ClO.Na/c1-2-3(4)5;/h2H2,1H3;. The molecule has 0 aliphatic rings. The Morgan fingerprint density at radius 3 is 2.00 bits per heavy atom. The van der Waals surface area contributed by atoms with Gasteiger partial charge in [0.1, 0.15) is 0 Å². The minimum absolute atomic E-state index is 0. The van der Waals surface area contributed by atoms with Crippen LogP contribution in [0.5, 0.6) is 0 Å². The Morgan fingerprint density at radius 2 is 2.00 bits per heavy atom. The van der Waals surface area contributed by atoms with Crippen molar-refractivity contribution in [2.45, 2.75) is 13.3 Å². The van der Waals surface area contributed by atoms with Gasteiger partial charge in [-0.3, -0.25) is 4.79 Å². The predicted molar refractivity (Wildman–Crippen MR) is 26.9 cm³/mol. The average Bonchev–Trinajstić information content (AvgIpc) is 1.38. The maximum Gasteiger partial charge on any atom is 0.221 e. The second kappa shape index (κ2) is 5.96. The fourth-order valence-corrected chi connectivity index (χ4v) is 0.